The van der Waals surface area contributed by atoms with Gasteiger partial charge in [0, 0.05) is 18.5 Å². The lowest BCUT2D eigenvalue weighted by atomic mass is 10.2. The predicted octanol–water partition coefficient (Wildman–Crippen LogP) is 3.21. The molecule has 2 N–H and O–H groups in total. The van der Waals surface area contributed by atoms with Gasteiger partial charge in [-0.1, -0.05) is 12.1 Å². The van der Waals surface area contributed by atoms with Crippen molar-refractivity contribution in [1.82, 2.24) is 20.1 Å². The molecule has 4 aromatic rings. The van der Waals surface area contributed by atoms with Crippen LogP contribution >= 0.6 is 0 Å². The van der Waals surface area contributed by atoms with E-state index in [1.807, 2.05) is 38.1 Å². The number of fused-ring (bicyclic) bond motifs is 2. The minimum atomic E-state index is -0.406. The van der Waals surface area contributed by atoms with Crippen molar-refractivity contribution in [2.45, 2.75) is 26.8 Å². The van der Waals surface area contributed by atoms with E-state index in [9.17, 15) is 9.59 Å². The van der Waals surface area contributed by atoms with Crippen LogP contribution in [0.5, 0.6) is 5.75 Å². The van der Waals surface area contributed by atoms with Gasteiger partial charge in [0.1, 0.15) is 17.1 Å². The van der Waals surface area contributed by atoms with Crippen molar-refractivity contribution in [1.29, 1.82) is 0 Å². The number of furan rings is 1. The lowest BCUT2D eigenvalue weighted by Crippen LogP contribution is -2.28. The molecule has 3 aromatic heterocycles. The molecule has 4 rings (SSSR count). The molecule has 0 fully saturated rings. The quantitative estimate of drug-likeness (QED) is 0.541. The second-order valence-corrected chi connectivity index (χ2v) is 6.93. The Hall–Kier alpha value is -3.55. The van der Waals surface area contributed by atoms with E-state index in [0.717, 1.165) is 5.39 Å². The number of aromatic amines is 1. The van der Waals surface area contributed by atoms with Crippen molar-refractivity contribution in [2.75, 3.05) is 6.61 Å². The number of hydrogen-bond acceptors (Lipinski definition) is 5. The zero-order valence-corrected chi connectivity index (χ0v) is 16.7. The third-order valence-electron chi connectivity index (χ3n) is 4.84. The molecule has 1 aromatic carbocycles. The Kier molecular flexibility index (Phi) is 4.62. The Morgan fingerprint density at radius 3 is 2.93 bits per heavy atom. The molecule has 29 heavy (non-hydrogen) atoms. The van der Waals surface area contributed by atoms with Gasteiger partial charge in [0.15, 0.2) is 16.8 Å². The normalized spacial score (nSPS) is 12.4. The van der Waals surface area contributed by atoms with Crippen LogP contribution in [0.2, 0.25) is 0 Å². The smallest absolute Gasteiger partial charge is 0.268 e. The zero-order valence-electron chi connectivity index (χ0n) is 16.7. The molecule has 0 bridgehead atoms. The van der Waals surface area contributed by atoms with Crippen molar-refractivity contribution < 1.29 is 13.9 Å². The van der Waals surface area contributed by atoms with Crippen molar-refractivity contribution in [3.63, 3.8) is 0 Å². The molecule has 0 radical (unpaired) electrons. The Morgan fingerprint density at radius 1 is 1.38 bits per heavy atom. The maximum atomic E-state index is 12.7. The van der Waals surface area contributed by atoms with Crippen molar-refractivity contribution in [3.05, 3.63) is 57.7 Å². The fourth-order valence-electron chi connectivity index (χ4n) is 3.47. The third kappa shape index (κ3) is 3.26. The summed E-state index contributed by atoms with van der Waals surface area (Å²) in [4.78, 5) is 28.2. The Balaban J connectivity index is 1.62. The summed E-state index contributed by atoms with van der Waals surface area (Å²) in [5.41, 5.74) is 1.70. The Bertz CT molecular complexity index is 1280. The number of para-hydroxylation sites is 1. The first kappa shape index (κ1) is 18.8. The molecule has 0 saturated carbocycles. The second kappa shape index (κ2) is 7.12. The molecule has 1 amide bonds. The number of aromatic nitrogens is 3. The van der Waals surface area contributed by atoms with E-state index in [-0.39, 0.29) is 11.1 Å². The maximum absolute atomic E-state index is 12.7. The largest absolute Gasteiger partial charge is 0.490 e. The number of ether oxygens (including phenoxy) is 1. The summed E-state index contributed by atoms with van der Waals surface area (Å²) < 4.78 is 13.1. The molecular weight excluding hydrogens is 372 g/mol. The number of hydrogen-bond donors (Lipinski definition) is 2. The van der Waals surface area contributed by atoms with Gasteiger partial charge in [-0.2, -0.15) is 5.10 Å². The lowest BCUT2D eigenvalue weighted by molar-refractivity contribution is 0.0931. The lowest BCUT2D eigenvalue weighted by Gasteiger charge is -2.11. The number of nitrogens with zero attached hydrogens (tertiary/aromatic N) is 2. The van der Waals surface area contributed by atoms with E-state index < -0.39 is 11.9 Å². The first-order valence-electron chi connectivity index (χ1n) is 9.41. The molecule has 0 spiro atoms. The summed E-state index contributed by atoms with van der Waals surface area (Å²) in [7, 11) is 1.72. The van der Waals surface area contributed by atoms with Gasteiger partial charge in [0.05, 0.1) is 23.7 Å². The highest BCUT2D eigenvalue weighted by Gasteiger charge is 2.19. The molecular formula is C21H22N4O4. The van der Waals surface area contributed by atoms with Crippen LogP contribution in [0.4, 0.5) is 0 Å². The number of benzene rings is 1. The fraction of sp³-hybridized carbons (Fsp3) is 0.286. The van der Waals surface area contributed by atoms with Crippen LogP contribution in [0.1, 0.15) is 41.8 Å². The number of amides is 1. The monoisotopic (exact) mass is 394 g/mol. The van der Waals surface area contributed by atoms with E-state index >= 15 is 0 Å². The summed E-state index contributed by atoms with van der Waals surface area (Å²) in [6.45, 7) is 6.02. The van der Waals surface area contributed by atoms with Gasteiger partial charge in [0.25, 0.3) is 5.91 Å². The fourth-order valence-corrected chi connectivity index (χ4v) is 3.47. The van der Waals surface area contributed by atoms with E-state index in [1.54, 1.807) is 18.7 Å². The van der Waals surface area contributed by atoms with Crippen molar-refractivity contribution >= 4 is 27.9 Å². The van der Waals surface area contributed by atoms with Gasteiger partial charge in [-0.3, -0.25) is 14.3 Å². The van der Waals surface area contributed by atoms with E-state index in [1.165, 1.54) is 6.07 Å². The average Bonchev–Trinajstić information content (AvgIpc) is 3.24. The van der Waals surface area contributed by atoms with Gasteiger partial charge in [-0.25, -0.2) is 0 Å². The molecule has 150 valence electrons. The maximum Gasteiger partial charge on any atom is 0.268 e. The van der Waals surface area contributed by atoms with E-state index in [4.69, 9.17) is 9.15 Å². The molecule has 3 heterocycles. The van der Waals surface area contributed by atoms with Gasteiger partial charge >= 0.3 is 0 Å². The van der Waals surface area contributed by atoms with Gasteiger partial charge in [-0.15, -0.1) is 0 Å². The SMILES string of the molecule is CCOc1cccc2cc([C@@H](C)NC(=O)c3cc(=O)c4c(C)nn(C)c4[nH]3)oc12. The summed E-state index contributed by atoms with van der Waals surface area (Å²) in [5, 5.41) is 8.48. The molecule has 0 saturated heterocycles. The predicted molar refractivity (Wildman–Crippen MR) is 109 cm³/mol. The minimum Gasteiger partial charge on any atom is -0.490 e. The van der Waals surface area contributed by atoms with Crippen LogP contribution in [0.15, 0.2) is 39.5 Å². The van der Waals surface area contributed by atoms with Gasteiger partial charge in [0.2, 0.25) is 0 Å². The summed E-state index contributed by atoms with van der Waals surface area (Å²) in [6, 6.07) is 8.43. The topological polar surface area (TPSA) is 102 Å². The molecule has 8 nitrogen and oxygen atoms in total. The molecule has 0 unspecified atom stereocenters. The molecule has 0 aliphatic carbocycles. The summed E-state index contributed by atoms with van der Waals surface area (Å²) in [5.74, 6) is 0.859. The third-order valence-corrected chi connectivity index (χ3v) is 4.84. The van der Waals surface area contributed by atoms with Crippen LogP contribution in [-0.4, -0.2) is 27.3 Å². The minimum absolute atomic E-state index is 0.170. The van der Waals surface area contributed by atoms with Gasteiger partial charge in [-0.05, 0) is 32.9 Å². The molecule has 8 heteroatoms. The van der Waals surface area contributed by atoms with E-state index in [2.05, 4.69) is 15.4 Å². The highest BCUT2D eigenvalue weighted by atomic mass is 16.5. The molecule has 0 aliphatic heterocycles. The second-order valence-electron chi connectivity index (χ2n) is 6.93. The number of H-pyrrole nitrogens is 1. The number of pyridine rings is 1. The standard InChI is InChI=1S/C21H22N4O4/c1-5-28-16-8-6-7-13-9-17(29-19(13)16)11(2)22-21(27)14-10-15(26)18-12(3)24-25(4)20(18)23-14/h6-11H,5H2,1-4H3,(H,22,27)(H,23,26)/t11-/m1/s1. The number of rotatable bonds is 5. The van der Waals surface area contributed by atoms with Gasteiger partial charge < -0.3 is 19.5 Å². The zero-order chi connectivity index (χ0) is 20.7. The summed E-state index contributed by atoms with van der Waals surface area (Å²) >= 11 is 0. The highest BCUT2D eigenvalue weighted by molar-refractivity contribution is 5.95. The van der Waals surface area contributed by atoms with Crippen LogP contribution in [0.25, 0.3) is 22.0 Å². The van der Waals surface area contributed by atoms with E-state index in [0.29, 0.717) is 40.4 Å². The van der Waals surface area contributed by atoms with Crippen LogP contribution in [0.3, 0.4) is 0 Å². The average molecular weight is 394 g/mol. The highest BCUT2D eigenvalue weighted by Crippen LogP contribution is 2.31. The van der Waals surface area contributed by atoms with Crippen LogP contribution < -0.4 is 15.5 Å². The molecule has 0 aliphatic rings. The number of nitrogens with one attached hydrogen (secondary N) is 2. The van der Waals surface area contributed by atoms with Crippen LogP contribution in [0, 0.1) is 6.92 Å². The Labute approximate surface area is 166 Å². The first-order valence-corrected chi connectivity index (χ1v) is 9.41. The number of aryl methyl sites for hydroxylation is 2. The van der Waals surface area contributed by atoms with Crippen molar-refractivity contribution in [3.8, 4) is 5.75 Å². The molecule has 1 atom stereocenters. The number of carbonyl (C=O) groups is 1. The van der Waals surface area contributed by atoms with Crippen molar-refractivity contribution in [2.24, 2.45) is 7.05 Å². The number of carbonyl (C=O) groups excluding carboxylic acids is 1. The van der Waals surface area contributed by atoms with Crippen LogP contribution in [-0.2, 0) is 7.05 Å². The summed E-state index contributed by atoms with van der Waals surface area (Å²) in [6.07, 6.45) is 0. The Morgan fingerprint density at radius 2 is 2.17 bits per heavy atom. The first-order chi connectivity index (χ1) is 13.9.